The summed E-state index contributed by atoms with van der Waals surface area (Å²) < 4.78 is 0. The molecule has 5 aromatic rings. The lowest BCUT2D eigenvalue weighted by atomic mass is 10.1. The molecule has 0 aliphatic heterocycles. The van der Waals surface area contributed by atoms with E-state index in [2.05, 4.69) is 154 Å². The molecule has 5 aromatic carbocycles. The highest BCUT2D eigenvalue weighted by Crippen LogP contribution is 2.33. The fourth-order valence-corrected chi connectivity index (χ4v) is 7.37. The Kier molecular flexibility index (Phi) is 8.45. The maximum absolute atomic E-state index is 3.59. The van der Waals surface area contributed by atoms with Crippen LogP contribution in [0.4, 0.5) is 11.4 Å². The maximum atomic E-state index is 3.59. The normalized spacial score (nSPS) is 11.0. The molecule has 0 saturated heterocycles. The van der Waals surface area contributed by atoms with Gasteiger partial charge in [-0.3, -0.25) is 0 Å². The number of rotatable bonds is 9. The van der Waals surface area contributed by atoms with Crippen LogP contribution < -0.4 is 26.5 Å². The molecule has 0 fully saturated rings. The Labute approximate surface area is 234 Å². The van der Waals surface area contributed by atoms with Crippen molar-refractivity contribution in [1.82, 2.24) is 0 Å². The van der Waals surface area contributed by atoms with Gasteiger partial charge in [-0.1, -0.05) is 91.0 Å². The molecule has 0 aromatic heterocycles. The first-order chi connectivity index (χ1) is 18.9. The number of aryl methyl sites for hydroxylation is 4. The standard InChI is InChI=1S/C36H37N2P/c1-26-18-27(2)21-32(20-26)37-24-30-10-14-35(15-11-30)39(34-8-6-5-7-9-34)36-16-12-31(13-17-36)25-38-33-22-28(3)19-29(4)23-33/h5-23,37-38H,24-25H2,1-4H3. The molecule has 2 N–H and O–H groups in total. The summed E-state index contributed by atoms with van der Waals surface area (Å²) in [5, 5.41) is 11.3. The molecule has 0 unspecified atom stereocenters. The van der Waals surface area contributed by atoms with Crippen LogP contribution in [0.5, 0.6) is 0 Å². The SMILES string of the molecule is Cc1cc(C)cc(NCc2ccc(P(c3ccccc3)c3ccc(CNc4cc(C)cc(C)c4)cc3)cc2)c1. The van der Waals surface area contributed by atoms with E-state index in [-0.39, 0.29) is 0 Å². The average molecular weight is 529 g/mol. The van der Waals surface area contributed by atoms with Crippen molar-refractivity contribution >= 4 is 35.2 Å². The van der Waals surface area contributed by atoms with Gasteiger partial charge in [0, 0.05) is 24.5 Å². The lowest BCUT2D eigenvalue weighted by Crippen LogP contribution is -2.21. The molecule has 3 heteroatoms. The van der Waals surface area contributed by atoms with Crippen LogP contribution in [-0.2, 0) is 13.1 Å². The van der Waals surface area contributed by atoms with E-state index < -0.39 is 7.92 Å². The van der Waals surface area contributed by atoms with Gasteiger partial charge >= 0.3 is 0 Å². The first-order valence-corrected chi connectivity index (χ1v) is 14.9. The van der Waals surface area contributed by atoms with Crippen LogP contribution >= 0.6 is 7.92 Å². The van der Waals surface area contributed by atoms with Crippen LogP contribution in [0.25, 0.3) is 0 Å². The van der Waals surface area contributed by atoms with Crippen molar-refractivity contribution in [2.45, 2.75) is 40.8 Å². The number of benzene rings is 5. The molecule has 0 atom stereocenters. The second kappa shape index (κ2) is 12.3. The van der Waals surface area contributed by atoms with E-state index in [4.69, 9.17) is 0 Å². The van der Waals surface area contributed by atoms with Gasteiger partial charge in [-0.25, -0.2) is 0 Å². The molecule has 0 saturated carbocycles. The summed E-state index contributed by atoms with van der Waals surface area (Å²) in [6.45, 7) is 10.2. The molecule has 0 aliphatic rings. The Bertz CT molecular complexity index is 1380. The minimum Gasteiger partial charge on any atom is -0.381 e. The summed E-state index contributed by atoms with van der Waals surface area (Å²) in [6, 6.07) is 42.5. The molecule has 0 spiro atoms. The van der Waals surface area contributed by atoms with Crippen molar-refractivity contribution in [3.05, 3.63) is 149 Å². The van der Waals surface area contributed by atoms with Gasteiger partial charge in [-0.05, 0) is 109 Å². The minimum atomic E-state index is -0.635. The number of anilines is 2. The van der Waals surface area contributed by atoms with Crippen molar-refractivity contribution in [3.63, 3.8) is 0 Å². The predicted molar refractivity (Wildman–Crippen MR) is 172 cm³/mol. The van der Waals surface area contributed by atoms with Gasteiger partial charge in [-0.15, -0.1) is 0 Å². The summed E-state index contributed by atoms with van der Waals surface area (Å²) in [5.41, 5.74) is 10.1. The molecular weight excluding hydrogens is 491 g/mol. The Morgan fingerprint density at radius 1 is 0.436 bits per heavy atom. The Balaban J connectivity index is 1.32. The van der Waals surface area contributed by atoms with Crippen LogP contribution in [-0.4, -0.2) is 0 Å². The largest absolute Gasteiger partial charge is 0.381 e. The van der Waals surface area contributed by atoms with Crippen LogP contribution in [0.15, 0.2) is 115 Å². The van der Waals surface area contributed by atoms with E-state index in [1.54, 1.807) is 0 Å². The second-order valence-electron chi connectivity index (χ2n) is 10.5. The van der Waals surface area contributed by atoms with Crippen LogP contribution in [0.1, 0.15) is 33.4 Å². The molecule has 2 nitrogen and oxygen atoms in total. The summed E-state index contributed by atoms with van der Waals surface area (Å²) in [5.74, 6) is 0. The predicted octanol–water partition coefficient (Wildman–Crippen LogP) is 7.90. The van der Waals surface area contributed by atoms with E-state index in [9.17, 15) is 0 Å². The monoisotopic (exact) mass is 528 g/mol. The maximum Gasteiger partial charge on any atom is 0.0400 e. The van der Waals surface area contributed by atoms with E-state index in [0.717, 1.165) is 13.1 Å². The van der Waals surface area contributed by atoms with Crippen molar-refractivity contribution in [2.75, 3.05) is 10.6 Å². The molecular formula is C36H37N2P. The summed E-state index contributed by atoms with van der Waals surface area (Å²) in [7, 11) is -0.635. The third kappa shape index (κ3) is 7.16. The topological polar surface area (TPSA) is 24.1 Å². The molecule has 5 rings (SSSR count). The Morgan fingerprint density at radius 2 is 0.795 bits per heavy atom. The third-order valence-electron chi connectivity index (χ3n) is 6.84. The summed E-state index contributed by atoms with van der Waals surface area (Å²) in [6.07, 6.45) is 0. The fourth-order valence-electron chi connectivity index (χ4n) is 5.11. The van der Waals surface area contributed by atoms with Gasteiger partial charge in [0.1, 0.15) is 0 Å². The Morgan fingerprint density at radius 3 is 1.18 bits per heavy atom. The summed E-state index contributed by atoms with van der Waals surface area (Å²) >= 11 is 0. The average Bonchev–Trinajstić information content (AvgIpc) is 2.92. The fraction of sp³-hybridized carbons (Fsp3) is 0.167. The first kappa shape index (κ1) is 26.7. The first-order valence-electron chi connectivity index (χ1n) is 13.6. The van der Waals surface area contributed by atoms with Crippen molar-refractivity contribution in [2.24, 2.45) is 0 Å². The second-order valence-corrected chi connectivity index (χ2v) is 12.7. The van der Waals surface area contributed by atoms with E-state index in [0.29, 0.717) is 0 Å². The van der Waals surface area contributed by atoms with Gasteiger partial charge in [0.05, 0.1) is 0 Å². The molecule has 0 aliphatic carbocycles. The minimum absolute atomic E-state index is 0.635. The number of hydrogen-bond donors (Lipinski definition) is 2. The molecule has 196 valence electrons. The highest BCUT2D eigenvalue weighted by atomic mass is 31.1. The van der Waals surface area contributed by atoms with Crippen molar-refractivity contribution < 1.29 is 0 Å². The lowest BCUT2D eigenvalue weighted by molar-refractivity contribution is 1.14. The zero-order valence-corrected chi connectivity index (χ0v) is 24.2. The van der Waals surface area contributed by atoms with Crippen molar-refractivity contribution in [3.8, 4) is 0 Å². The smallest absolute Gasteiger partial charge is 0.0400 e. The van der Waals surface area contributed by atoms with E-state index in [1.807, 2.05) is 0 Å². The zero-order chi connectivity index (χ0) is 27.2. The van der Waals surface area contributed by atoms with E-state index >= 15 is 0 Å². The molecule has 0 heterocycles. The summed E-state index contributed by atoms with van der Waals surface area (Å²) in [4.78, 5) is 0. The Hall–Kier alpha value is -3.87. The quantitative estimate of drug-likeness (QED) is 0.190. The van der Waals surface area contributed by atoms with Gasteiger partial charge in [0.25, 0.3) is 0 Å². The van der Waals surface area contributed by atoms with Gasteiger partial charge in [0.2, 0.25) is 0 Å². The van der Waals surface area contributed by atoms with Crippen LogP contribution in [0.2, 0.25) is 0 Å². The van der Waals surface area contributed by atoms with Crippen LogP contribution in [0.3, 0.4) is 0 Å². The highest BCUT2D eigenvalue weighted by molar-refractivity contribution is 7.79. The molecule has 0 bridgehead atoms. The molecule has 0 radical (unpaired) electrons. The van der Waals surface area contributed by atoms with Gasteiger partial charge < -0.3 is 10.6 Å². The number of nitrogens with one attached hydrogen (secondary N) is 2. The molecule has 0 amide bonds. The molecule has 39 heavy (non-hydrogen) atoms. The highest BCUT2D eigenvalue weighted by Gasteiger charge is 2.16. The van der Waals surface area contributed by atoms with Gasteiger partial charge in [0.15, 0.2) is 0 Å². The van der Waals surface area contributed by atoms with E-state index in [1.165, 1.54) is 60.7 Å². The van der Waals surface area contributed by atoms with Crippen molar-refractivity contribution in [1.29, 1.82) is 0 Å². The number of hydrogen-bond acceptors (Lipinski definition) is 2. The van der Waals surface area contributed by atoms with Gasteiger partial charge in [-0.2, -0.15) is 0 Å². The lowest BCUT2D eigenvalue weighted by Gasteiger charge is -2.20. The van der Waals surface area contributed by atoms with Crippen LogP contribution in [0, 0.1) is 27.7 Å². The zero-order valence-electron chi connectivity index (χ0n) is 23.3. The third-order valence-corrected chi connectivity index (χ3v) is 9.28.